The van der Waals surface area contributed by atoms with Crippen molar-refractivity contribution >= 4 is 11.6 Å². The van der Waals surface area contributed by atoms with E-state index >= 15 is 0 Å². The van der Waals surface area contributed by atoms with Crippen LogP contribution >= 0.6 is 0 Å². The minimum absolute atomic E-state index is 0.159. The van der Waals surface area contributed by atoms with Crippen LogP contribution in [0.15, 0.2) is 24.3 Å². The summed E-state index contributed by atoms with van der Waals surface area (Å²) in [6, 6.07) is 2.02. The summed E-state index contributed by atoms with van der Waals surface area (Å²) in [6.45, 7) is 5.40. The van der Waals surface area contributed by atoms with Gasteiger partial charge in [-0.05, 0) is 19.1 Å². The molecule has 0 heterocycles. The van der Waals surface area contributed by atoms with Crippen LogP contribution in [-0.2, 0) is 0 Å². The molecular weight excluding hydrogens is 214 g/mol. The molecule has 0 radical (unpaired) electrons. The van der Waals surface area contributed by atoms with E-state index in [0.717, 1.165) is 12.1 Å². The minimum Gasteiger partial charge on any atom is -0.396 e. The van der Waals surface area contributed by atoms with Crippen molar-refractivity contribution in [2.45, 2.75) is 6.92 Å². The number of nitrogen functional groups attached to an aromatic ring is 1. The van der Waals surface area contributed by atoms with Crippen molar-refractivity contribution < 1.29 is 13.6 Å². The molecule has 0 unspecified atom stereocenters. The van der Waals surface area contributed by atoms with E-state index in [1.54, 1.807) is 6.92 Å². The van der Waals surface area contributed by atoms with Crippen molar-refractivity contribution in [3.05, 3.63) is 41.5 Å². The molecule has 0 spiro atoms. The van der Waals surface area contributed by atoms with Gasteiger partial charge < -0.3 is 11.1 Å². The van der Waals surface area contributed by atoms with E-state index in [9.17, 15) is 13.6 Å². The number of carbonyl (C=O) groups is 1. The molecule has 1 aromatic carbocycles. The number of amides is 1. The maximum Gasteiger partial charge on any atom is 0.257 e. The molecule has 0 aliphatic rings. The molecule has 0 aromatic heterocycles. The molecule has 3 nitrogen and oxygen atoms in total. The molecule has 0 bridgehead atoms. The number of benzene rings is 1. The number of nitrogens with one attached hydrogen (secondary N) is 1. The van der Waals surface area contributed by atoms with Gasteiger partial charge in [0.2, 0.25) is 0 Å². The SMILES string of the molecule is C=C(C)CNC(=O)c1c(F)ccc(N)c1F. The second-order valence-corrected chi connectivity index (χ2v) is 3.47. The average Bonchev–Trinajstić information content (AvgIpc) is 2.21. The van der Waals surface area contributed by atoms with Crippen LogP contribution in [-0.4, -0.2) is 12.5 Å². The molecule has 1 aromatic rings. The predicted molar refractivity (Wildman–Crippen MR) is 57.9 cm³/mol. The zero-order valence-electron chi connectivity index (χ0n) is 8.81. The van der Waals surface area contributed by atoms with Gasteiger partial charge in [0.25, 0.3) is 5.91 Å². The molecule has 0 saturated heterocycles. The minimum atomic E-state index is -1.04. The first-order valence-electron chi connectivity index (χ1n) is 4.59. The van der Waals surface area contributed by atoms with Crippen LogP contribution in [0, 0.1) is 11.6 Å². The summed E-state index contributed by atoms with van der Waals surface area (Å²) in [5.41, 5.74) is 5.00. The van der Waals surface area contributed by atoms with E-state index in [1.807, 2.05) is 0 Å². The van der Waals surface area contributed by atoms with Crippen molar-refractivity contribution in [2.75, 3.05) is 12.3 Å². The van der Waals surface area contributed by atoms with Gasteiger partial charge in [-0.25, -0.2) is 8.78 Å². The zero-order chi connectivity index (χ0) is 12.3. The quantitative estimate of drug-likeness (QED) is 0.610. The van der Waals surface area contributed by atoms with Crippen LogP contribution in [0.25, 0.3) is 0 Å². The lowest BCUT2D eigenvalue weighted by molar-refractivity contribution is 0.0948. The Balaban J connectivity index is 2.99. The van der Waals surface area contributed by atoms with Gasteiger partial charge in [0, 0.05) is 6.54 Å². The largest absolute Gasteiger partial charge is 0.396 e. The molecule has 0 aliphatic carbocycles. The summed E-state index contributed by atoms with van der Waals surface area (Å²) in [5, 5.41) is 2.33. The maximum absolute atomic E-state index is 13.4. The number of rotatable bonds is 3. The molecule has 5 heteroatoms. The topological polar surface area (TPSA) is 55.1 Å². The monoisotopic (exact) mass is 226 g/mol. The second kappa shape index (κ2) is 4.74. The van der Waals surface area contributed by atoms with E-state index in [2.05, 4.69) is 11.9 Å². The van der Waals surface area contributed by atoms with Crippen LogP contribution in [0.2, 0.25) is 0 Å². The fourth-order valence-electron chi connectivity index (χ4n) is 1.10. The molecule has 3 N–H and O–H groups in total. The van der Waals surface area contributed by atoms with Gasteiger partial charge in [0.1, 0.15) is 11.4 Å². The first kappa shape index (κ1) is 12.2. The lowest BCUT2D eigenvalue weighted by Crippen LogP contribution is -2.27. The Morgan fingerprint density at radius 1 is 1.50 bits per heavy atom. The number of anilines is 1. The number of hydrogen-bond donors (Lipinski definition) is 2. The summed E-state index contributed by atoms with van der Waals surface area (Å²) >= 11 is 0. The van der Waals surface area contributed by atoms with Crippen molar-refractivity contribution in [3.63, 3.8) is 0 Å². The lowest BCUT2D eigenvalue weighted by atomic mass is 10.1. The molecule has 1 rings (SSSR count). The van der Waals surface area contributed by atoms with Gasteiger partial charge in [-0.3, -0.25) is 4.79 Å². The first-order valence-corrected chi connectivity index (χ1v) is 4.59. The van der Waals surface area contributed by atoms with E-state index in [0.29, 0.717) is 5.57 Å². The normalized spacial score (nSPS) is 9.94. The smallest absolute Gasteiger partial charge is 0.257 e. The number of hydrogen-bond acceptors (Lipinski definition) is 2. The molecule has 0 saturated carbocycles. The molecule has 86 valence electrons. The molecule has 1 amide bonds. The van der Waals surface area contributed by atoms with Crippen LogP contribution in [0.4, 0.5) is 14.5 Å². The molecule has 0 fully saturated rings. The molecular formula is C11H12F2N2O. The average molecular weight is 226 g/mol. The Morgan fingerprint density at radius 3 is 2.69 bits per heavy atom. The van der Waals surface area contributed by atoms with Crippen LogP contribution in [0.3, 0.4) is 0 Å². The first-order chi connectivity index (χ1) is 7.43. The van der Waals surface area contributed by atoms with Gasteiger partial charge in [0.15, 0.2) is 5.82 Å². The van der Waals surface area contributed by atoms with Crippen molar-refractivity contribution in [1.29, 1.82) is 0 Å². The van der Waals surface area contributed by atoms with Crippen molar-refractivity contribution in [1.82, 2.24) is 5.32 Å². The standard InChI is InChI=1S/C11H12F2N2O/c1-6(2)5-15-11(16)9-7(12)3-4-8(14)10(9)13/h3-4H,1,5,14H2,2H3,(H,15,16). The zero-order valence-corrected chi connectivity index (χ0v) is 8.81. The Bertz CT molecular complexity index is 444. The third-order valence-corrected chi connectivity index (χ3v) is 1.90. The number of halogens is 2. The summed E-state index contributed by atoms with van der Waals surface area (Å²) in [7, 11) is 0. The predicted octanol–water partition coefficient (Wildman–Crippen LogP) is 1.85. The maximum atomic E-state index is 13.4. The lowest BCUT2D eigenvalue weighted by Gasteiger charge is -2.08. The van der Waals surface area contributed by atoms with Gasteiger partial charge in [0.05, 0.1) is 5.69 Å². The van der Waals surface area contributed by atoms with Gasteiger partial charge in [-0.15, -0.1) is 0 Å². The van der Waals surface area contributed by atoms with Gasteiger partial charge in [-0.2, -0.15) is 0 Å². The van der Waals surface area contributed by atoms with E-state index in [4.69, 9.17) is 5.73 Å². The Morgan fingerprint density at radius 2 is 2.12 bits per heavy atom. The van der Waals surface area contributed by atoms with E-state index in [-0.39, 0.29) is 12.2 Å². The Labute approximate surface area is 91.9 Å². The van der Waals surface area contributed by atoms with Crippen LogP contribution in [0.1, 0.15) is 17.3 Å². The highest BCUT2D eigenvalue weighted by Gasteiger charge is 2.18. The molecule has 16 heavy (non-hydrogen) atoms. The summed E-state index contributed by atoms with van der Waals surface area (Å²) in [4.78, 5) is 11.5. The second-order valence-electron chi connectivity index (χ2n) is 3.47. The Kier molecular flexibility index (Phi) is 3.60. The number of carbonyl (C=O) groups excluding carboxylic acids is 1. The summed E-state index contributed by atoms with van der Waals surface area (Å²) < 4.78 is 26.6. The number of nitrogens with two attached hydrogens (primary N) is 1. The van der Waals surface area contributed by atoms with Gasteiger partial charge >= 0.3 is 0 Å². The summed E-state index contributed by atoms with van der Waals surface area (Å²) in [6.07, 6.45) is 0. The third-order valence-electron chi connectivity index (χ3n) is 1.90. The molecule has 0 aliphatic heterocycles. The van der Waals surface area contributed by atoms with E-state index in [1.165, 1.54) is 0 Å². The van der Waals surface area contributed by atoms with Crippen LogP contribution < -0.4 is 11.1 Å². The van der Waals surface area contributed by atoms with Crippen LogP contribution in [0.5, 0.6) is 0 Å². The fraction of sp³-hybridized carbons (Fsp3) is 0.182. The fourth-order valence-corrected chi connectivity index (χ4v) is 1.10. The third kappa shape index (κ3) is 2.56. The highest BCUT2D eigenvalue weighted by atomic mass is 19.1. The Hall–Kier alpha value is -1.91. The highest BCUT2D eigenvalue weighted by molar-refractivity contribution is 5.95. The van der Waals surface area contributed by atoms with E-state index < -0.39 is 23.1 Å². The molecule has 0 atom stereocenters. The van der Waals surface area contributed by atoms with Gasteiger partial charge in [-0.1, -0.05) is 12.2 Å². The van der Waals surface area contributed by atoms with Crippen molar-refractivity contribution in [2.24, 2.45) is 0 Å². The van der Waals surface area contributed by atoms with Crippen molar-refractivity contribution in [3.8, 4) is 0 Å². The summed E-state index contributed by atoms with van der Waals surface area (Å²) in [5.74, 6) is -2.82. The highest BCUT2D eigenvalue weighted by Crippen LogP contribution is 2.18.